The largest absolute Gasteiger partial charge is 0.497 e. The summed E-state index contributed by atoms with van der Waals surface area (Å²) in [5, 5.41) is 0. The van der Waals surface area contributed by atoms with Gasteiger partial charge >= 0.3 is 0 Å². The number of ether oxygens (including phenoxy) is 1. The minimum absolute atomic E-state index is 0.109. The minimum atomic E-state index is 0.109. The van der Waals surface area contributed by atoms with Crippen molar-refractivity contribution in [1.29, 1.82) is 0 Å². The molecule has 2 N–H and O–H groups in total. The van der Waals surface area contributed by atoms with Gasteiger partial charge in [0.05, 0.1) is 13.2 Å². The Morgan fingerprint density at radius 2 is 2.28 bits per heavy atom. The van der Waals surface area contributed by atoms with Crippen LogP contribution in [0.15, 0.2) is 36.7 Å². The van der Waals surface area contributed by atoms with E-state index in [1.165, 1.54) is 0 Å². The fourth-order valence-electron chi connectivity index (χ4n) is 2.16. The van der Waals surface area contributed by atoms with Crippen LogP contribution < -0.4 is 10.5 Å². The van der Waals surface area contributed by atoms with E-state index in [1.807, 2.05) is 30.6 Å². The van der Waals surface area contributed by atoms with Crippen LogP contribution in [0.5, 0.6) is 5.75 Å². The maximum absolute atomic E-state index is 5.92. The summed E-state index contributed by atoms with van der Waals surface area (Å²) in [5.74, 6) is 1.90. The fourth-order valence-corrected chi connectivity index (χ4v) is 2.16. The highest BCUT2D eigenvalue weighted by Gasteiger charge is 2.15. The lowest BCUT2D eigenvalue weighted by atomic mass is 10.1. The van der Waals surface area contributed by atoms with Gasteiger partial charge in [0, 0.05) is 25.4 Å². The number of hydrogen-bond acceptors (Lipinski definition) is 3. The van der Waals surface area contributed by atoms with E-state index in [9.17, 15) is 0 Å². The monoisotopic (exact) mass is 245 g/mol. The Hall–Kier alpha value is -1.81. The van der Waals surface area contributed by atoms with E-state index >= 15 is 0 Å². The van der Waals surface area contributed by atoms with Gasteiger partial charge in [0.15, 0.2) is 0 Å². The van der Waals surface area contributed by atoms with E-state index in [4.69, 9.17) is 10.5 Å². The van der Waals surface area contributed by atoms with Crippen molar-refractivity contribution in [3.63, 3.8) is 0 Å². The molecule has 0 saturated heterocycles. The highest BCUT2D eigenvalue weighted by Crippen LogP contribution is 2.23. The van der Waals surface area contributed by atoms with Crippen molar-refractivity contribution in [1.82, 2.24) is 9.55 Å². The fraction of sp³-hybridized carbons (Fsp3) is 0.357. The Kier molecular flexibility index (Phi) is 3.99. The zero-order chi connectivity index (χ0) is 13.0. The summed E-state index contributed by atoms with van der Waals surface area (Å²) < 4.78 is 7.39. The molecule has 1 unspecified atom stereocenters. The van der Waals surface area contributed by atoms with E-state index < -0.39 is 0 Å². The molecule has 1 aromatic carbocycles. The lowest BCUT2D eigenvalue weighted by Gasteiger charge is -2.20. The third-order valence-corrected chi connectivity index (χ3v) is 3.10. The quantitative estimate of drug-likeness (QED) is 0.876. The second kappa shape index (κ2) is 5.69. The van der Waals surface area contributed by atoms with Crippen molar-refractivity contribution in [3.8, 4) is 5.75 Å². The molecule has 0 aliphatic rings. The number of benzene rings is 1. The van der Waals surface area contributed by atoms with Gasteiger partial charge in [0.1, 0.15) is 11.6 Å². The molecule has 4 heteroatoms. The van der Waals surface area contributed by atoms with Crippen LogP contribution in [0, 0.1) is 0 Å². The van der Waals surface area contributed by atoms with Gasteiger partial charge in [0.25, 0.3) is 0 Å². The third kappa shape index (κ3) is 2.38. The molecule has 0 spiro atoms. The van der Waals surface area contributed by atoms with Crippen LogP contribution in [0.25, 0.3) is 0 Å². The van der Waals surface area contributed by atoms with Crippen molar-refractivity contribution >= 4 is 0 Å². The van der Waals surface area contributed by atoms with Crippen LogP contribution in [0.1, 0.15) is 24.4 Å². The Morgan fingerprint density at radius 1 is 1.44 bits per heavy atom. The van der Waals surface area contributed by atoms with Gasteiger partial charge < -0.3 is 15.0 Å². The van der Waals surface area contributed by atoms with Gasteiger partial charge in [0.2, 0.25) is 0 Å². The first kappa shape index (κ1) is 12.6. The first-order valence-electron chi connectivity index (χ1n) is 6.15. The van der Waals surface area contributed by atoms with Gasteiger partial charge in [-0.1, -0.05) is 19.1 Å². The molecule has 0 fully saturated rings. The zero-order valence-electron chi connectivity index (χ0n) is 10.8. The number of nitrogens with two attached hydrogens (primary N) is 1. The average Bonchev–Trinajstić information content (AvgIpc) is 2.88. The molecule has 0 aliphatic carbocycles. The normalized spacial score (nSPS) is 12.4. The van der Waals surface area contributed by atoms with Crippen LogP contribution >= 0.6 is 0 Å². The maximum Gasteiger partial charge on any atom is 0.119 e. The predicted molar refractivity (Wildman–Crippen MR) is 71.8 cm³/mol. The molecule has 0 radical (unpaired) electrons. The Morgan fingerprint density at radius 3 is 2.94 bits per heavy atom. The molecule has 1 aromatic heterocycles. The predicted octanol–water partition coefficient (Wildman–Crippen LogP) is 2.00. The number of imidazole rings is 1. The standard InChI is InChI=1S/C14H19N3O/c1-3-14-16-7-8-17(14)13(10-15)11-5-4-6-12(9-11)18-2/h4-9,13H,3,10,15H2,1-2H3. The maximum atomic E-state index is 5.92. The van der Waals surface area contributed by atoms with Crippen molar-refractivity contribution < 1.29 is 4.74 Å². The first-order chi connectivity index (χ1) is 8.80. The van der Waals surface area contributed by atoms with Gasteiger partial charge in [-0.3, -0.25) is 0 Å². The van der Waals surface area contributed by atoms with Gasteiger partial charge in [-0.15, -0.1) is 0 Å². The molecule has 0 bridgehead atoms. The van der Waals surface area contributed by atoms with Crippen LogP contribution in [0.2, 0.25) is 0 Å². The Bertz CT molecular complexity index is 507. The average molecular weight is 245 g/mol. The summed E-state index contributed by atoms with van der Waals surface area (Å²) in [4.78, 5) is 4.35. The number of methoxy groups -OCH3 is 1. The number of aromatic nitrogens is 2. The van der Waals surface area contributed by atoms with Crippen LogP contribution in [-0.4, -0.2) is 23.2 Å². The molecule has 4 nitrogen and oxygen atoms in total. The molecule has 0 saturated carbocycles. The highest BCUT2D eigenvalue weighted by molar-refractivity contribution is 5.31. The third-order valence-electron chi connectivity index (χ3n) is 3.10. The second-order valence-corrected chi connectivity index (χ2v) is 4.13. The molecule has 1 heterocycles. The van der Waals surface area contributed by atoms with E-state index in [0.717, 1.165) is 23.6 Å². The summed E-state index contributed by atoms with van der Waals surface area (Å²) in [6.45, 7) is 2.63. The zero-order valence-corrected chi connectivity index (χ0v) is 10.8. The number of hydrogen-bond donors (Lipinski definition) is 1. The van der Waals surface area contributed by atoms with E-state index in [2.05, 4.69) is 22.5 Å². The molecule has 1 atom stereocenters. The van der Waals surface area contributed by atoms with Gasteiger partial charge in [-0.25, -0.2) is 4.98 Å². The van der Waals surface area contributed by atoms with Gasteiger partial charge in [-0.2, -0.15) is 0 Å². The first-order valence-corrected chi connectivity index (χ1v) is 6.15. The molecule has 18 heavy (non-hydrogen) atoms. The SMILES string of the molecule is CCc1nccn1C(CN)c1cccc(OC)c1. The molecule has 96 valence electrons. The van der Waals surface area contributed by atoms with Crippen molar-refractivity contribution in [3.05, 3.63) is 48.0 Å². The molecule has 2 rings (SSSR count). The van der Waals surface area contributed by atoms with Crippen molar-refractivity contribution in [2.24, 2.45) is 5.73 Å². The lowest BCUT2D eigenvalue weighted by Crippen LogP contribution is -2.21. The summed E-state index contributed by atoms with van der Waals surface area (Å²) in [6, 6.07) is 8.12. The second-order valence-electron chi connectivity index (χ2n) is 4.13. The van der Waals surface area contributed by atoms with E-state index in [0.29, 0.717) is 6.54 Å². The van der Waals surface area contributed by atoms with Crippen molar-refractivity contribution in [2.45, 2.75) is 19.4 Å². The summed E-state index contributed by atoms with van der Waals surface area (Å²) in [6.07, 6.45) is 4.70. The number of rotatable bonds is 5. The molecule has 2 aromatic rings. The van der Waals surface area contributed by atoms with Crippen LogP contribution in [0.4, 0.5) is 0 Å². The molecular weight excluding hydrogens is 226 g/mol. The minimum Gasteiger partial charge on any atom is -0.497 e. The summed E-state index contributed by atoms with van der Waals surface area (Å²) in [7, 11) is 1.67. The Labute approximate surface area is 107 Å². The van der Waals surface area contributed by atoms with Crippen LogP contribution in [-0.2, 0) is 6.42 Å². The van der Waals surface area contributed by atoms with Crippen molar-refractivity contribution in [2.75, 3.05) is 13.7 Å². The topological polar surface area (TPSA) is 53.1 Å². The van der Waals surface area contributed by atoms with Crippen LogP contribution in [0.3, 0.4) is 0 Å². The molecule has 0 amide bonds. The summed E-state index contributed by atoms with van der Waals surface area (Å²) in [5.41, 5.74) is 7.06. The smallest absolute Gasteiger partial charge is 0.119 e. The molecular formula is C14H19N3O. The molecule has 0 aliphatic heterocycles. The number of aryl methyl sites for hydroxylation is 1. The lowest BCUT2D eigenvalue weighted by molar-refractivity contribution is 0.413. The van der Waals surface area contributed by atoms with E-state index in [-0.39, 0.29) is 6.04 Å². The summed E-state index contributed by atoms with van der Waals surface area (Å²) >= 11 is 0. The van der Waals surface area contributed by atoms with E-state index in [1.54, 1.807) is 7.11 Å². The Balaban J connectivity index is 2.38. The van der Waals surface area contributed by atoms with Gasteiger partial charge in [-0.05, 0) is 17.7 Å². The number of nitrogens with zero attached hydrogens (tertiary/aromatic N) is 2. The highest BCUT2D eigenvalue weighted by atomic mass is 16.5.